The van der Waals surface area contributed by atoms with Crippen LogP contribution in [0.1, 0.15) is 11.1 Å². The summed E-state index contributed by atoms with van der Waals surface area (Å²) in [7, 11) is 0. The Bertz CT molecular complexity index is 1560. The lowest BCUT2D eigenvalue weighted by molar-refractivity contribution is -0.137. The number of aromatic nitrogens is 3. The molecule has 0 atom stereocenters. The van der Waals surface area contributed by atoms with Gasteiger partial charge in [-0.3, -0.25) is 9.36 Å². The summed E-state index contributed by atoms with van der Waals surface area (Å²) < 4.78 is 55.3. The van der Waals surface area contributed by atoms with Crippen molar-refractivity contribution in [2.75, 3.05) is 0 Å². The second-order valence-corrected chi connectivity index (χ2v) is 8.30. The Morgan fingerprint density at radius 3 is 2.52 bits per heavy atom. The maximum Gasteiger partial charge on any atom is 0.416 e. The molecule has 0 amide bonds. The number of hydrogen-bond donors (Lipinski definition) is 1. The average Bonchev–Trinajstić information content (AvgIpc) is 3.17. The second-order valence-electron chi connectivity index (χ2n) is 7.36. The van der Waals surface area contributed by atoms with Gasteiger partial charge in [-0.15, -0.1) is 0 Å². The smallest absolute Gasteiger partial charge is 0.349 e. The van der Waals surface area contributed by atoms with Gasteiger partial charge in [0.1, 0.15) is 16.9 Å². The van der Waals surface area contributed by atoms with E-state index in [-0.39, 0.29) is 22.1 Å². The molecule has 0 aliphatic rings. The topological polar surface area (TPSA) is 50.7 Å². The molecule has 0 unspecified atom stereocenters. The SMILES string of the molecule is O=c1c2[nH]c3ccccc3c2nc(SCc2ccccc2F)n1-c1cccc(C(F)(F)F)c1. The van der Waals surface area contributed by atoms with E-state index in [9.17, 15) is 22.4 Å². The van der Waals surface area contributed by atoms with Crippen LogP contribution in [0.5, 0.6) is 0 Å². The lowest BCUT2D eigenvalue weighted by Crippen LogP contribution is -2.22. The van der Waals surface area contributed by atoms with E-state index in [1.165, 1.54) is 18.2 Å². The summed E-state index contributed by atoms with van der Waals surface area (Å²) in [5.74, 6) is -0.266. The molecule has 0 saturated carbocycles. The van der Waals surface area contributed by atoms with Crippen molar-refractivity contribution < 1.29 is 17.6 Å². The fourth-order valence-electron chi connectivity index (χ4n) is 3.65. The van der Waals surface area contributed by atoms with Gasteiger partial charge < -0.3 is 4.98 Å². The summed E-state index contributed by atoms with van der Waals surface area (Å²) in [4.78, 5) is 21.1. The molecule has 0 spiro atoms. The fraction of sp³-hybridized carbons (Fsp3) is 0.0833. The van der Waals surface area contributed by atoms with Crippen molar-refractivity contribution in [3.05, 3.63) is 100 Å². The molecule has 2 heterocycles. The number of H-pyrrole nitrogens is 1. The normalized spacial score (nSPS) is 12.0. The van der Waals surface area contributed by atoms with Gasteiger partial charge in [-0.25, -0.2) is 9.37 Å². The summed E-state index contributed by atoms with van der Waals surface area (Å²) in [5, 5.41) is 0.883. The van der Waals surface area contributed by atoms with Crippen LogP contribution in [-0.2, 0) is 11.9 Å². The van der Waals surface area contributed by atoms with E-state index in [0.29, 0.717) is 22.0 Å². The highest BCUT2D eigenvalue weighted by Gasteiger charge is 2.31. The highest BCUT2D eigenvalue weighted by molar-refractivity contribution is 7.98. The van der Waals surface area contributed by atoms with Crippen molar-refractivity contribution in [2.24, 2.45) is 0 Å². The third kappa shape index (κ3) is 3.89. The molecule has 166 valence electrons. The van der Waals surface area contributed by atoms with Gasteiger partial charge in [0.15, 0.2) is 5.16 Å². The Kier molecular flexibility index (Phi) is 5.20. The lowest BCUT2D eigenvalue weighted by Gasteiger charge is -2.14. The van der Waals surface area contributed by atoms with E-state index in [1.54, 1.807) is 36.4 Å². The van der Waals surface area contributed by atoms with Gasteiger partial charge in [0.05, 0.1) is 11.3 Å². The molecule has 0 radical (unpaired) electrons. The molecular weight excluding hydrogens is 454 g/mol. The van der Waals surface area contributed by atoms with Crippen LogP contribution in [0.25, 0.3) is 27.6 Å². The zero-order chi connectivity index (χ0) is 23.2. The number of aromatic amines is 1. The number of alkyl halides is 3. The minimum Gasteiger partial charge on any atom is -0.349 e. The van der Waals surface area contributed by atoms with Gasteiger partial charge in [-0.05, 0) is 35.9 Å². The quantitative estimate of drug-likeness (QED) is 0.190. The van der Waals surface area contributed by atoms with Crippen molar-refractivity contribution in [1.29, 1.82) is 0 Å². The number of thioether (sulfide) groups is 1. The Hall–Kier alpha value is -3.59. The van der Waals surface area contributed by atoms with Gasteiger partial charge in [0, 0.05) is 16.7 Å². The number of hydrogen-bond acceptors (Lipinski definition) is 3. The minimum absolute atomic E-state index is 0.0268. The summed E-state index contributed by atoms with van der Waals surface area (Å²) in [6.45, 7) is 0. The molecule has 1 N–H and O–H groups in total. The number of fused-ring (bicyclic) bond motifs is 3. The monoisotopic (exact) mass is 469 g/mol. The predicted molar refractivity (Wildman–Crippen MR) is 120 cm³/mol. The first kappa shape index (κ1) is 21.3. The van der Waals surface area contributed by atoms with Gasteiger partial charge in [0.25, 0.3) is 5.56 Å². The molecule has 0 bridgehead atoms. The molecule has 0 saturated heterocycles. The average molecular weight is 469 g/mol. The maximum absolute atomic E-state index is 14.2. The highest BCUT2D eigenvalue weighted by atomic mass is 32.2. The summed E-state index contributed by atoms with van der Waals surface area (Å²) in [5.41, 5.74) is 0.285. The molecule has 0 aliphatic heterocycles. The van der Waals surface area contributed by atoms with Crippen LogP contribution in [0.15, 0.2) is 82.7 Å². The van der Waals surface area contributed by atoms with Gasteiger partial charge in [0.2, 0.25) is 0 Å². The van der Waals surface area contributed by atoms with Gasteiger partial charge in [-0.2, -0.15) is 13.2 Å². The van der Waals surface area contributed by atoms with Crippen molar-refractivity contribution in [3.63, 3.8) is 0 Å². The van der Waals surface area contributed by atoms with Crippen molar-refractivity contribution in [1.82, 2.24) is 14.5 Å². The zero-order valence-corrected chi connectivity index (χ0v) is 17.7. The second kappa shape index (κ2) is 8.08. The number of nitrogens with one attached hydrogen (secondary N) is 1. The number of nitrogens with zero attached hydrogens (tertiary/aromatic N) is 2. The fourth-order valence-corrected chi connectivity index (χ4v) is 4.64. The van der Waals surface area contributed by atoms with Crippen LogP contribution >= 0.6 is 11.8 Å². The lowest BCUT2D eigenvalue weighted by atomic mass is 10.2. The molecule has 4 nitrogen and oxygen atoms in total. The van der Waals surface area contributed by atoms with Crippen LogP contribution in [0.4, 0.5) is 17.6 Å². The molecule has 5 rings (SSSR count). The van der Waals surface area contributed by atoms with Crippen LogP contribution in [0, 0.1) is 5.82 Å². The Morgan fingerprint density at radius 2 is 1.73 bits per heavy atom. The molecule has 2 aromatic heterocycles. The first-order chi connectivity index (χ1) is 15.8. The van der Waals surface area contributed by atoms with Crippen molar-refractivity contribution in [2.45, 2.75) is 17.1 Å². The van der Waals surface area contributed by atoms with E-state index in [0.717, 1.165) is 28.5 Å². The van der Waals surface area contributed by atoms with Gasteiger partial charge >= 0.3 is 6.18 Å². The van der Waals surface area contributed by atoms with Crippen LogP contribution in [-0.4, -0.2) is 14.5 Å². The largest absolute Gasteiger partial charge is 0.416 e. The predicted octanol–water partition coefficient (Wildman–Crippen LogP) is 6.32. The molecule has 9 heteroatoms. The third-order valence-corrected chi connectivity index (χ3v) is 6.23. The van der Waals surface area contributed by atoms with Crippen LogP contribution in [0.2, 0.25) is 0 Å². The standard InChI is InChI=1S/C24H15F4N3OS/c25-18-10-3-1-6-14(18)13-33-23-30-20-17-9-2-4-11-19(17)29-21(20)22(32)31(23)16-8-5-7-15(12-16)24(26,27)28/h1-12,29H,13H2. The molecular formula is C24H15F4N3OS. The molecule has 3 aromatic carbocycles. The highest BCUT2D eigenvalue weighted by Crippen LogP contribution is 2.32. The Labute approximate surface area is 188 Å². The first-order valence-electron chi connectivity index (χ1n) is 9.90. The van der Waals surface area contributed by atoms with E-state index in [1.807, 2.05) is 6.07 Å². The Balaban J connectivity index is 1.73. The minimum atomic E-state index is -4.57. The van der Waals surface area contributed by atoms with E-state index in [4.69, 9.17) is 0 Å². The maximum atomic E-state index is 14.2. The van der Waals surface area contributed by atoms with Crippen LogP contribution in [0.3, 0.4) is 0 Å². The molecule has 5 aromatic rings. The summed E-state index contributed by atoms with van der Waals surface area (Å²) in [6, 6.07) is 17.9. The molecule has 0 fully saturated rings. The number of para-hydroxylation sites is 1. The number of benzene rings is 3. The van der Waals surface area contributed by atoms with Crippen molar-refractivity contribution >= 4 is 33.7 Å². The summed E-state index contributed by atoms with van der Waals surface area (Å²) >= 11 is 1.08. The molecule has 33 heavy (non-hydrogen) atoms. The van der Waals surface area contributed by atoms with Crippen molar-refractivity contribution in [3.8, 4) is 5.69 Å². The van der Waals surface area contributed by atoms with E-state index >= 15 is 0 Å². The van der Waals surface area contributed by atoms with E-state index in [2.05, 4.69) is 9.97 Å². The number of rotatable bonds is 4. The summed E-state index contributed by atoms with van der Waals surface area (Å²) in [6.07, 6.45) is -4.57. The Morgan fingerprint density at radius 1 is 0.970 bits per heavy atom. The first-order valence-corrected chi connectivity index (χ1v) is 10.9. The van der Waals surface area contributed by atoms with E-state index < -0.39 is 23.1 Å². The molecule has 0 aliphatic carbocycles. The van der Waals surface area contributed by atoms with Crippen LogP contribution < -0.4 is 5.56 Å². The third-order valence-electron chi connectivity index (χ3n) is 5.24. The number of halogens is 4. The zero-order valence-electron chi connectivity index (χ0n) is 16.9. The van der Waals surface area contributed by atoms with Gasteiger partial charge in [-0.1, -0.05) is 54.2 Å².